The molecule has 3 amide bonds. The monoisotopic (exact) mass is 1020 g/mol. The minimum Gasteiger partial charge on any atom is -0.444 e. The van der Waals surface area contributed by atoms with Crippen molar-refractivity contribution in [1.29, 1.82) is 0 Å². The first kappa shape index (κ1) is 55.7. The van der Waals surface area contributed by atoms with Crippen LogP contribution in [0.4, 0.5) is 9.59 Å². The summed E-state index contributed by atoms with van der Waals surface area (Å²) in [4.78, 5) is 43.3. The van der Waals surface area contributed by atoms with Gasteiger partial charge in [0.05, 0.1) is 23.4 Å². The number of carbonyl (C=O) groups is 3. The van der Waals surface area contributed by atoms with Gasteiger partial charge in [0.15, 0.2) is 0 Å². The van der Waals surface area contributed by atoms with Crippen molar-refractivity contribution in [3.8, 4) is 0 Å². The van der Waals surface area contributed by atoms with Gasteiger partial charge in [-0.2, -0.15) is 0 Å². The zero-order valence-corrected chi connectivity index (χ0v) is 42.5. The van der Waals surface area contributed by atoms with Crippen LogP contribution in [0.2, 0.25) is 0 Å². The van der Waals surface area contributed by atoms with Crippen molar-refractivity contribution in [3.63, 3.8) is 0 Å². The van der Waals surface area contributed by atoms with Crippen molar-refractivity contribution in [1.82, 2.24) is 20.0 Å². The van der Waals surface area contributed by atoms with Crippen molar-refractivity contribution >= 4 is 62.4 Å². The summed E-state index contributed by atoms with van der Waals surface area (Å²) >= 11 is 7.02. The second kappa shape index (κ2) is 23.1. The number of fused-ring (bicyclic) bond motifs is 2. The van der Waals surface area contributed by atoms with Crippen LogP contribution in [-0.2, 0) is 36.6 Å². The van der Waals surface area contributed by atoms with Gasteiger partial charge in [0.25, 0.3) is 0 Å². The van der Waals surface area contributed by atoms with E-state index in [1.807, 2.05) is 85.4 Å². The second-order valence-corrected chi connectivity index (χ2v) is 22.0. The molecule has 0 spiro atoms. The lowest BCUT2D eigenvalue weighted by atomic mass is 9.90. The van der Waals surface area contributed by atoms with E-state index < -0.39 is 11.2 Å². The number of benzene rings is 2. The van der Waals surface area contributed by atoms with Gasteiger partial charge in [-0.15, -0.1) is 12.4 Å². The molecule has 15 heteroatoms. The lowest BCUT2D eigenvalue weighted by Gasteiger charge is -2.42. The van der Waals surface area contributed by atoms with Crippen LogP contribution in [0.3, 0.4) is 0 Å². The molecule has 2 aromatic rings. The highest BCUT2D eigenvalue weighted by Crippen LogP contribution is 2.33. The molecule has 2 fully saturated rings. The molecular weight excluding hydrogens is 942 g/mol. The van der Waals surface area contributed by atoms with Gasteiger partial charge in [-0.05, 0) is 142 Å². The minimum absolute atomic E-state index is 0. The molecule has 2 aromatic carbocycles. The number of hydrogen-bond acceptors (Lipinski definition) is 9. The number of nitrogens with zero attached hydrogens (tertiary/aromatic N) is 3. The molecular formula is C47H76Br2ClN5O7. The smallest absolute Gasteiger partial charge is 0.410 e. The maximum atomic E-state index is 13.0. The van der Waals surface area contributed by atoms with Crippen molar-refractivity contribution in [2.45, 2.75) is 156 Å². The van der Waals surface area contributed by atoms with Crippen LogP contribution >= 0.6 is 44.3 Å². The Morgan fingerprint density at radius 2 is 1.08 bits per heavy atom. The van der Waals surface area contributed by atoms with E-state index in [9.17, 15) is 14.4 Å². The van der Waals surface area contributed by atoms with E-state index in [2.05, 4.69) is 76.1 Å². The Morgan fingerprint density at radius 3 is 1.50 bits per heavy atom. The number of carbonyl (C=O) groups excluding carboxylic acids is 3. The molecule has 2 saturated heterocycles. The fourth-order valence-corrected chi connectivity index (χ4v) is 8.11. The Kier molecular flexibility index (Phi) is 20.8. The van der Waals surface area contributed by atoms with Crippen LogP contribution in [-0.4, -0.2) is 120 Å². The fourth-order valence-electron chi connectivity index (χ4n) is 7.30. The predicted molar refractivity (Wildman–Crippen MR) is 258 cm³/mol. The molecule has 62 heavy (non-hydrogen) atoms. The van der Waals surface area contributed by atoms with Crippen LogP contribution in [0, 0.1) is 0 Å². The third kappa shape index (κ3) is 18.6. The number of ether oxygens (including phenoxy) is 4. The average Bonchev–Trinajstić information content (AvgIpc) is 3.33. The second-order valence-electron chi connectivity index (χ2n) is 20.2. The Hall–Kier alpha value is -2.46. The molecule has 2 atom stereocenters. The number of hydrogen-bond donors (Lipinski definition) is 2. The summed E-state index contributed by atoms with van der Waals surface area (Å²) in [6.07, 6.45) is 1.85. The summed E-state index contributed by atoms with van der Waals surface area (Å²) in [5.41, 5.74) is 9.64. The highest BCUT2D eigenvalue weighted by atomic mass is 79.9. The summed E-state index contributed by atoms with van der Waals surface area (Å²) in [5, 5.41) is 3.16. The molecule has 6 rings (SSSR count). The fraction of sp³-hybridized carbons (Fsp3) is 0.681. The van der Waals surface area contributed by atoms with Crippen LogP contribution in [0.5, 0.6) is 0 Å². The van der Waals surface area contributed by atoms with Crippen LogP contribution in [0.15, 0.2) is 45.3 Å². The maximum Gasteiger partial charge on any atom is 0.410 e. The average molecular weight is 1020 g/mol. The summed E-state index contributed by atoms with van der Waals surface area (Å²) in [7, 11) is 0. The van der Waals surface area contributed by atoms with Gasteiger partial charge in [0.2, 0.25) is 5.91 Å². The molecule has 0 radical (unpaired) electrons. The molecule has 2 unspecified atom stereocenters. The van der Waals surface area contributed by atoms with Gasteiger partial charge in [-0.25, -0.2) is 9.59 Å². The van der Waals surface area contributed by atoms with Crippen LogP contribution in [0.25, 0.3) is 0 Å². The Labute approximate surface area is 395 Å². The summed E-state index contributed by atoms with van der Waals surface area (Å²) < 4.78 is 24.7. The molecule has 4 aliphatic rings. The van der Waals surface area contributed by atoms with E-state index in [4.69, 9.17) is 24.7 Å². The highest BCUT2D eigenvalue weighted by Gasteiger charge is 2.37. The van der Waals surface area contributed by atoms with Crippen LogP contribution < -0.4 is 11.1 Å². The Bertz CT molecular complexity index is 1780. The third-order valence-corrected chi connectivity index (χ3v) is 10.9. The summed E-state index contributed by atoms with van der Waals surface area (Å²) in [6, 6.07) is 12.1. The number of nitrogens with one attached hydrogen (secondary N) is 1. The zero-order chi connectivity index (χ0) is 44.8. The van der Waals surface area contributed by atoms with Gasteiger partial charge >= 0.3 is 12.2 Å². The van der Waals surface area contributed by atoms with E-state index in [1.54, 1.807) is 9.80 Å². The molecule has 0 aromatic heterocycles. The molecule has 12 nitrogen and oxygen atoms in total. The first-order chi connectivity index (χ1) is 27.6. The van der Waals surface area contributed by atoms with Gasteiger partial charge in [0, 0.05) is 79.7 Å². The Balaban J connectivity index is 0.000000364. The molecule has 3 N–H and O–H groups in total. The predicted octanol–water partition coefficient (Wildman–Crippen LogP) is 9.82. The molecule has 0 bridgehead atoms. The van der Waals surface area contributed by atoms with Crippen molar-refractivity contribution < 1.29 is 33.3 Å². The molecule has 0 aliphatic carbocycles. The van der Waals surface area contributed by atoms with Crippen molar-refractivity contribution in [2.75, 3.05) is 52.4 Å². The van der Waals surface area contributed by atoms with Crippen LogP contribution in [0.1, 0.15) is 131 Å². The number of likely N-dealkylation sites (tertiary alicyclic amines) is 1. The van der Waals surface area contributed by atoms with E-state index in [-0.39, 0.29) is 67.2 Å². The maximum absolute atomic E-state index is 13.0. The van der Waals surface area contributed by atoms with Gasteiger partial charge in [0.1, 0.15) is 11.2 Å². The largest absolute Gasteiger partial charge is 0.444 e. The van der Waals surface area contributed by atoms with Crippen molar-refractivity contribution in [2.24, 2.45) is 5.73 Å². The highest BCUT2D eigenvalue weighted by molar-refractivity contribution is 9.10. The lowest BCUT2D eigenvalue weighted by molar-refractivity contribution is -0.157. The number of rotatable bonds is 4. The van der Waals surface area contributed by atoms with E-state index >= 15 is 0 Å². The minimum atomic E-state index is -0.551. The molecule has 4 aliphatic heterocycles. The third-order valence-electron chi connectivity index (χ3n) is 9.92. The van der Waals surface area contributed by atoms with Gasteiger partial charge < -0.3 is 44.7 Å². The topological polar surface area (TPSA) is 136 Å². The quantitative estimate of drug-likeness (QED) is 0.307. The summed E-state index contributed by atoms with van der Waals surface area (Å²) in [6.45, 7) is 29.1. The summed E-state index contributed by atoms with van der Waals surface area (Å²) in [5.74, 6) is 0.0480. The van der Waals surface area contributed by atoms with E-state index in [0.29, 0.717) is 51.8 Å². The SMILES string of the molecule is C.CC(C)(C)OC(=O)N1CCc2cc(Br)ccc2C(CC(=O)N2CC(OC(C)(C)C)C2)C1.CC(C)(C)OC(=O)N1CCc2cc(Br)ccc2C(N)C1.CC(C)(C)OC1CNC1.Cl. The normalized spacial score (nSPS) is 19.4. The lowest BCUT2D eigenvalue weighted by Crippen LogP contribution is -2.56. The standard InChI is InChI=1S/C24H35BrN2O4.C15H21BrN2O2.C7H15NO.CH4.ClH/c1-23(2,3)30-19-14-27(15-19)21(28)12-17-13-26(22(29)31-24(4,5)6)10-9-16-11-18(25)7-8-20(16)17;1-15(2,3)20-14(19)18-7-6-10-8-11(16)4-5-12(10)13(17)9-18;1-7(2,3)9-6-4-8-5-6;;/h7-8,11,17,19H,9-10,12-15H2,1-6H3;4-5,8,13H,6-7,9,17H2,1-3H3;6,8H,4-5H2,1-3H3;1H4;1H. The zero-order valence-electron chi connectivity index (χ0n) is 38.5. The first-order valence-corrected chi connectivity index (χ1v) is 22.9. The van der Waals surface area contributed by atoms with Gasteiger partial charge in [-0.1, -0.05) is 51.4 Å². The van der Waals surface area contributed by atoms with E-state index in [0.717, 1.165) is 46.0 Å². The molecule has 0 saturated carbocycles. The Morgan fingerprint density at radius 1 is 0.645 bits per heavy atom. The number of amides is 3. The van der Waals surface area contributed by atoms with Crippen molar-refractivity contribution in [3.05, 3.63) is 67.6 Å². The van der Waals surface area contributed by atoms with Gasteiger partial charge in [-0.3, -0.25) is 4.79 Å². The first-order valence-electron chi connectivity index (χ1n) is 21.3. The number of halogens is 3. The van der Waals surface area contributed by atoms with E-state index in [1.165, 1.54) is 11.1 Å². The molecule has 4 heterocycles. The molecule has 352 valence electrons. The number of nitrogens with two attached hydrogens (primary N) is 1.